The van der Waals surface area contributed by atoms with Crippen LogP contribution in [0.4, 0.5) is 0 Å². The molecule has 9 aromatic rings. The maximum absolute atomic E-state index is 2.41. The molecule has 0 spiro atoms. The van der Waals surface area contributed by atoms with Crippen LogP contribution in [0.15, 0.2) is 182 Å². The van der Waals surface area contributed by atoms with Crippen molar-refractivity contribution in [3.8, 4) is 44.5 Å². The Hall–Kier alpha value is -5.98. The summed E-state index contributed by atoms with van der Waals surface area (Å²) in [7, 11) is 0. The van der Waals surface area contributed by atoms with Crippen molar-refractivity contribution >= 4 is 43.1 Å². The van der Waals surface area contributed by atoms with Gasteiger partial charge in [0.05, 0.1) is 0 Å². The van der Waals surface area contributed by atoms with Gasteiger partial charge in [0, 0.05) is 0 Å². The second kappa shape index (κ2) is 10.9. The summed E-state index contributed by atoms with van der Waals surface area (Å²) < 4.78 is 0. The molecule has 0 saturated carbocycles. The molecule has 0 aliphatic heterocycles. The van der Waals surface area contributed by atoms with Crippen molar-refractivity contribution in [3.63, 3.8) is 0 Å². The molecule has 9 aromatic carbocycles. The number of rotatable bonds is 4. The van der Waals surface area contributed by atoms with Gasteiger partial charge in [0.25, 0.3) is 0 Å². The van der Waals surface area contributed by atoms with Crippen LogP contribution in [0.5, 0.6) is 0 Å². The molecule has 214 valence electrons. The van der Waals surface area contributed by atoms with E-state index >= 15 is 0 Å². The van der Waals surface area contributed by atoms with Crippen LogP contribution in [0.25, 0.3) is 87.6 Å². The molecule has 0 radical (unpaired) electrons. The summed E-state index contributed by atoms with van der Waals surface area (Å²) >= 11 is 0. The monoisotopic (exact) mass is 582 g/mol. The summed E-state index contributed by atoms with van der Waals surface area (Å²) in [6, 6.07) is 66.6. The van der Waals surface area contributed by atoms with E-state index in [9.17, 15) is 0 Å². The molecular weight excluding hydrogens is 553 g/mol. The van der Waals surface area contributed by atoms with Crippen LogP contribution < -0.4 is 0 Å². The smallest absolute Gasteiger partial charge is 0.00928 e. The zero-order valence-corrected chi connectivity index (χ0v) is 25.3. The highest BCUT2D eigenvalue weighted by Gasteiger charge is 2.14. The largest absolute Gasteiger partial charge is 0.0622 e. The lowest BCUT2D eigenvalue weighted by Crippen LogP contribution is -1.89. The van der Waals surface area contributed by atoms with E-state index in [4.69, 9.17) is 0 Å². The molecule has 0 heteroatoms. The molecular formula is C46H30. The minimum Gasteiger partial charge on any atom is -0.0622 e. The Morgan fingerprint density at radius 3 is 1.57 bits per heavy atom. The number of fused-ring (bicyclic) bond motifs is 6. The fourth-order valence-corrected chi connectivity index (χ4v) is 7.17. The van der Waals surface area contributed by atoms with Crippen LogP contribution in [0, 0.1) is 0 Å². The van der Waals surface area contributed by atoms with Gasteiger partial charge in [-0.1, -0.05) is 152 Å². The molecule has 0 bridgehead atoms. The fraction of sp³-hybridized carbons (Fsp3) is 0. The van der Waals surface area contributed by atoms with E-state index in [1.165, 1.54) is 87.6 Å². The van der Waals surface area contributed by atoms with E-state index in [0.29, 0.717) is 0 Å². The minimum atomic E-state index is 1.22. The van der Waals surface area contributed by atoms with E-state index in [1.807, 2.05) is 0 Å². The molecule has 0 aliphatic carbocycles. The van der Waals surface area contributed by atoms with Gasteiger partial charge in [-0.2, -0.15) is 0 Å². The predicted molar refractivity (Wildman–Crippen MR) is 198 cm³/mol. The lowest BCUT2D eigenvalue weighted by molar-refractivity contribution is 1.59. The van der Waals surface area contributed by atoms with Gasteiger partial charge in [-0.15, -0.1) is 0 Å². The predicted octanol–water partition coefficient (Wildman–Crippen LogP) is 13.0. The average Bonchev–Trinajstić information content (AvgIpc) is 3.14. The topological polar surface area (TPSA) is 0 Å². The molecule has 9 rings (SSSR count). The van der Waals surface area contributed by atoms with Crippen molar-refractivity contribution < 1.29 is 0 Å². The Kier molecular flexibility index (Phi) is 6.25. The first-order valence-electron chi connectivity index (χ1n) is 15.9. The van der Waals surface area contributed by atoms with Gasteiger partial charge in [-0.3, -0.25) is 0 Å². The summed E-state index contributed by atoms with van der Waals surface area (Å²) in [4.78, 5) is 0. The molecule has 0 fully saturated rings. The summed E-state index contributed by atoms with van der Waals surface area (Å²) in [5.41, 5.74) is 9.86. The maximum Gasteiger partial charge on any atom is -0.00928 e. The van der Waals surface area contributed by atoms with Crippen LogP contribution in [-0.4, -0.2) is 0 Å². The Morgan fingerprint density at radius 1 is 0.196 bits per heavy atom. The van der Waals surface area contributed by atoms with Gasteiger partial charge in [0.2, 0.25) is 0 Å². The highest BCUT2D eigenvalue weighted by Crippen LogP contribution is 2.41. The van der Waals surface area contributed by atoms with Gasteiger partial charge in [0.15, 0.2) is 0 Å². The van der Waals surface area contributed by atoms with E-state index in [-0.39, 0.29) is 0 Å². The fourth-order valence-electron chi connectivity index (χ4n) is 7.17. The van der Waals surface area contributed by atoms with E-state index < -0.39 is 0 Å². The van der Waals surface area contributed by atoms with Crippen molar-refractivity contribution in [2.24, 2.45) is 0 Å². The summed E-state index contributed by atoms with van der Waals surface area (Å²) in [5, 5.41) is 10.2. The molecule has 0 aromatic heterocycles. The number of hydrogen-bond acceptors (Lipinski definition) is 0. The zero-order chi connectivity index (χ0) is 30.5. The summed E-state index contributed by atoms with van der Waals surface area (Å²) in [5.74, 6) is 0. The number of hydrogen-bond donors (Lipinski definition) is 0. The minimum absolute atomic E-state index is 1.22. The Labute approximate surface area is 268 Å². The SMILES string of the molecule is c1ccc(-c2cccc(-c3cc(-c4ccccc4)c4ccc(-c5cc6c7ccccc7ccc6c6ccccc56)cc4c3)c2)cc1. The second-order valence-electron chi connectivity index (χ2n) is 12.1. The Bertz CT molecular complexity index is 2560. The summed E-state index contributed by atoms with van der Waals surface area (Å²) in [6.07, 6.45) is 0. The molecule has 0 unspecified atom stereocenters. The van der Waals surface area contributed by atoms with Gasteiger partial charge in [0.1, 0.15) is 0 Å². The molecule has 0 amide bonds. The zero-order valence-electron chi connectivity index (χ0n) is 25.3. The van der Waals surface area contributed by atoms with E-state index in [2.05, 4.69) is 182 Å². The third kappa shape index (κ3) is 4.47. The van der Waals surface area contributed by atoms with Gasteiger partial charge >= 0.3 is 0 Å². The first kappa shape index (κ1) is 26.4. The van der Waals surface area contributed by atoms with Crippen LogP contribution in [0.3, 0.4) is 0 Å². The van der Waals surface area contributed by atoms with Crippen molar-refractivity contribution in [3.05, 3.63) is 182 Å². The lowest BCUT2D eigenvalue weighted by Gasteiger charge is -2.16. The molecule has 0 aliphatic rings. The first-order chi connectivity index (χ1) is 22.8. The quantitative estimate of drug-likeness (QED) is 0.181. The molecule has 0 nitrogen and oxygen atoms in total. The first-order valence-corrected chi connectivity index (χ1v) is 15.9. The Balaban J connectivity index is 1.29. The highest BCUT2D eigenvalue weighted by molar-refractivity contribution is 6.21. The Morgan fingerprint density at radius 2 is 0.761 bits per heavy atom. The highest BCUT2D eigenvalue weighted by atomic mass is 14.2. The maximum atomic E-state index is 2.41. The third-order valence-corrected chi connectivity index (χ3v) is 9.42. The summed E-state index contributed by atoms with van der Waals surface area (Å²) in [6.45, 7) is 0. The van der Waals surface area contributed by atoms with Crippen molar-refractivity contribution in [1.82, 2.24) is 0 Å². The average molecular weight is 583 g/mol. The van der Waals surface area contributed by atoms with Crippen molar-refractivity contribution in [2.75, 3.05) is 0 Å². The second-order valence-corrected chi connectivity index (χ2v) is 12.1. The van der Waals surface area contributed by atoms with Crippen LogP contribution in [0.2, 0.25) is 0 Å². The van der Waals surface area contributed by atoms with E-state index in [1.54, 1.807) is 0 Å². The van der Waals surface area contributed by atoms with E-state index in [0.717, 1.165) is 0 Å². The lowest BCUT2D eigenvalue weighted by atomic mass is 9.88. The molecule has 0 atom stereocenters. The van der Waals surface area contributed by atoms with Gasteiger partial charge in [-0.05, 0) is 118 Å². The van der Waals surface area contributed by atoms with Crippen LogP contribution in [-0.2, 0) is 0 Å². The molecule has 0 heterocycles. The van der Waals surface area contributed by atoms with Gasteiger partial charge in [-0.25, -0.2) is 0 Å². The van der Waals surface area contributed by atoms with Crippen LogP contribution >= 0.6 is 0 Å². The van der Waals surface area contributed by atoms with Crippen molar-refractivity contribution in [2.45, 2.75) is 0 Å². The number of benzene rings is 9. The van der Waals surface area contributed by atoms with Crippen molar-refractivity contribution in [1.29, 1.82) is 0 Å². The third-order valence-electron chi connectivity index (χ3n) is 9.42. The standard InChI is InChI=1S/C46H30/c1-3-12-31(13-4-1)34-17-11-18-35(26-34)37-28-38-27-36(23-24-40(38)44(29-37)32-14-5-2-6-15-32)45-30-46-39-19-8-7-16-33(39)22-25-43(46)41-20-9-10-21-42(41)45/h1-30H. The van der Waals surface area contributed by atoms with Crippen LogP contribution in [0.1, 0.15) is 0 Å². The molecule has 0 N–H and O–H groups in total. The van der Waals surface area contributed by atoms with Gasteiger partial charge < -0.3 is 0 Å². The molecule has 46 heavy (non-hydrogen) atoms. The normalized spacial score (nSPS) is 11.5. The molecule has 0 saturated heterocycles.